The number of amides is 1. The summed E-state index contributed by atoms with van der Waals surface area (Å²) >= 11 is 6.01. The van der Waals surface area contributed by atoms with Gasteiger partial charge in [0.2, 0.25) is 0 Å². The van der Waals surface area contributed by atoms with E-state index in [-0.39, 0.29) is 5.91 Å². The zero-order chi connectivity index (χ0) is 15.7. The molecule has 1 aromatic rings. The van der Waals surface area contributed by atoms with Crippen LogP contribution in [0.1, 0.15) is 29.6 Å². The first-order valence-electron chi connectivity index (χ1n) is 7.73. The van der Waals surface area contributed by atoms with Crippen molar-refractivity contribution < 1.29 is 9.53 Å². The Labute approximate surface area is 135 Å². The van der Waals surface area contributed by atoms with E-state index in [1.54, 1.807) is 12.1 Å². The summed E-state index contributed by atoms with van der Waals surface area (Å²) in [6, 6.07) is 3.95. The van der Waals surface area contributed by atoms with Gasteiger partial charge in [0.25, 0.3) is 5.91 Å². The van der Waals surface area contributed by atoms with E-state index in [1.165, 1.54) is 20.0 Å². The highest BCUT2D eigenvalue weighted by Gasteiger charge is 2.34. The van der Waals surface area contributed by atoms with Crippen molar-refractivity contribution in [3.8, 4) is 5.75 Å². The molecule has 120 valence electrons. The molecule has 22 heavy (non-hydrogen) atoms. The standard InChI is InChI=1S/C16H22ClN3O2/c1-22-15-7-14(18)13(17)6-12(15)16(21)19-8-10-4-5-20(9-10)11-2-3-11/h6-7,10-11H,2-5,8-9,18H2,1H3,(H,19,21). The third-order valence-corrected chi connectivity index (χ3v) is 4.82. The Balaban J connectivity index is 1.59. The molecular formula is C16H22ClN3O2. The normalized spacial score (nSPS) is 21.8. The molecule has 2 aliphatic rings. The second-order valence-electron chi connectivity index (χ2n) is 6.16. The van der Waals surface area contributed by atoms with Gasteiger partial charge in [0.05, 0.1) is 23.4 Å². The highest BCUT2D eigenvalue weighted by molar-refractivity contribution is 6.33. The van der Waals surface area contributed by atoms with Gasteiger partial charge in [-0.05, 0) is 37.8 Å². The van der Waals surface area contributed by atoms with Gasteiger partial charge in [0.15, 0.2) is 0 Å². The zero-order valence-electron chi connectivity index (χ0n) is 12.8. The molecule has 0 aromatic heterocycles. The molecule has 0 spiro atoms. The van der Waals surface area contributed by atoms with E-state index in [0.717, 1.165) is 25.6 Å². The maximum atomic E-state index is 12.4. The van der Waals surface area contributed by atoms with Crippen LogP contribution >= 0.6 is 11.6 Å². The number of ether oxygens (including phenoxy) is 1. The number of benzene rings is 1. The molecule has 5 nitrogen and oxygen atoms in total. The molecule has 1 saturated heterocycles. The molecule has 2 fully saturated rings. The molecule has 0 radical (unpaired) electrons. The lowest BCUT2D eigenvalue weighted by atomic mass is 10.1. The highest BCUT2D eigenvalue weighted by Crippen LogP contribution is 2.32. The lowest BCUT2D eigenvalue weighted by Gasteiger charge is -2.16. The van der Waals surface area contributed by atoms with Crippen LogP contribution in [0.25, 0.3) is 0 Å². The quantitative estimate of drug-likeness (QED) is 0.815. The molecule has 3 N–H and O–H groups in total. The molecular weight excluding hydrogens is 302 g/mol. The highest BCUT2D eigenvalue weighted by atomic mass is 35.5. The summed E-state index contributed by atoms with van der Waals surface area (Å²) in [5.74, 6) is 0.814. The number of carbonyl (C=O) groups excluding carboxylic acids is 1. The van der Waals surface area contributed by atoms with Gasteiger partial charge in [-0.2, -0.15) is 0 Å². The van der Waals surface area contributed by atoms with E-state index in [1.807, 2.05) is 0 Å². The maximum absolute atomic E-state index is 12.4. The topological polar surface area (TPSA) is 67.6 Å². The number of rotatable bonds is 5. The van der Waals surface area contributed by atoms with Crippen molar-refractivity contribution in [3.63, 3.8) is 0 Å². The predicted octanol–water partition coefficient (Wildman–Crippen LogP) is 2.14. The van der Waals surface area contributed by atoms with Crippen LogP contribution in [-0.2, 0) is 0 Å². The van der Waals surface area contributed by atoms with Gasteiger partial charge in [-0.1, -0.05) is 11.6 Å². The van der Waals surface area contributed by atoms with Gasteiger partial charge in [0, 0.05) is 25.2 Å². The van der Waals surface area contributed by atoms with Crippen molar-refractivity contribution in [1.82, 2.24) is 10.2 Å². The largest absolute Gasteiger partial charge is 0.496 e. The summed E-state index contributed by atoms with van der Waals surface area (Å²) in [5, 5.41) is 3.36. The van der Waals surface area contributed by atoms with Crippen molar-refractivity contribution in [2.24, 2.45) is 5.92 Å². The van der Waals surface area contributed by atoms with E-state index >= 15 is 0 Å². The summed E-state index contributed by atoms with van der Waals surface area (Å²) in [6.07, 6.45) is 3.82. The summed E-state index contributed by atoms with van der Waals surface area (Å²) in [6.45, 7) is 2.93. The number of hydrogen-bond acceptors (Lipinski definition) is 4. The average Bonchev–Trinajstić information content (AvgIpc) is 3.26. The first-order chi connectivity index (χ1) is 10.6. The van der Waals surface area contributed by atoms with Gasteiger partial charge >= 0.3 is 0 Å². The molecule has 1 amide bonds. The van der Waals surface area contributed by atoms with E-state index in [9.17, 15) is 4.79 Å². The fourth-order valence-electron chi connectivity index (χ4n) is 3.05. The first-order valence-corrected chi connectivity index (χ1v) is 8.11. The molecule has 1 heterocycles. The molecule has 0 bridgehead atoms. The number of nitrogens with two attached hydrogens (primary N) is 1. The number of nitrogens with zero attached hydrogens (tertiary/aromatic N) is 1. The maximum Gasteiger partial charge on any atom is 0.255 e. The van der Waals surface area contributed by atoms with Crippen molar-refractivity contribution in [1.29, 1.82) is 0 Å². The minimum atomic E-state index is -0.163. The Kier molecular flexibility index (Phi) is 4.45. The number of hydrogen-bond donors (Lipinski definition) is 2. The number of methoxy groups -OCH3 is 1. The third-order valence-electron chi connectivity index (χ3n) is 4.50. The molecule has 1 aliphatic heterocycles. The zero-order valence-corrected chi connectivity index (χ0v) is 13.5. The Bertz CT molecular complexity index is 575. The van der Waals surface area contributed by atoms with Crippen molar-refractivity contribution >= 4 is 23.2 Å². The van der Waals surface area contributed by atoms with E-state index in [4.69, 9.17) is 22.1 Å². The molecule has 6 heteroatoms. The fourth-order valence-corrected chi connectivity index (χ4v) is 3.21. The van der Waals surface area contributed by atoms with Crippen molar-refractivity contribution in [2.75, 3.05) is 32.5 Å². The van der Waals surface area contributed by atoms with Gasteiger partial charge < -0.3 is 20.7 Å². The Morgan fingerprint density at radius 2 is 2.23 bits per heavy atom. The summed E-state index contributed by atoms with van der Waals surface area (Å²) in [4.78, 5) is 14.9. The Morgan fingerprint density at radius 3 is 2.91 bits per heavy atom. The van der Waals surface area contributed by atoms with Crippen LogP contribution in [-0.4, -0.2) is 43.6 Å². The SMILES string of the molecule is COc1cc(N)c(Cl)cc1C(=O)NCC1CCN(C2CC2)C1. The summed E-state index contributed by atoms with van der Waals surface area (Å²) < 4.78 is 5.22. The van der Waals surface area contributed by atoms with Gasteiger partial charge in [-0.25, -0.2) is 0 Å². The molecule has 1 atom stereocenters. The van der Waals surface area contributed by atoms with Gasteiger partial charge in [-0.3, -0.25) is 4.79 Å². The molecule has 1 aliphatic carbocycles. The molecule has 1 unspecified atom stereocenters. The van der Waals surface area contributed by atoms with Gasteiger partial charge in [-0.15, -0.1) is 0 Å². The molecule has 1 aromatic carbocycles. The van der Waals surface area contributed by atoms with Crippen LogP contribution in [0.5, 0.6) is 5.75 Å². The van der Waals surface area contributed by atoms with E-state index in [0.29, 0.717) is 34.5 Å². The second-order valence-corrected chi connectivity index (χ2v) is 6.57. The lowest BCUT2D eigenvalue weighted by molar-refractivity contribution is 0.0944. The Hall–Kier alpha value is -1.46. The average molecular weight is 324 g/mol. The van der Waals surface area contributed by atoms with Crippen LogP contribution in [0, 0.1) is 5.92 Å². The van der Waals surface area contributed by atoms with Crippen LogP contribution in [0.15, 0.2) is 12.1 Å². The van der Waals surface area contributed by atoms with Crippen molar-refractivity contribution in [2.45, 2.75) is 25.3 Å². The monoisotopic (exact) mass is 323 g/mol. The number of anilines is 1. The number of halogens is 1. The summed E-state index contributed by atoms with van der Waals surface area (Å²) in [5.41, 5.74) is 6.58. The molecule has 3 rings (SSSR count). The predicted molar refractivity (Wildman–Crippen MR) is 87.5 cm³/mol. The smallest absolute Gasteiger partial charge is 0.255 e. The van der Waals surface area contributed by atoms with Crippen LogP contribution in [0.4, 0.5) is 5.69 Å². The summed E-state index contributed by atoms with van der Waals surface area (Å²) in [7, 11) is 1.52. The number of carbonyl (C=O) groups is 1. The van der Waals surface area contributed by atoms with E-state index < -0.39 is 0 Å². The number of nitrogens with one attached hydrogen (secondary N) is 1. The number of likely N-dealkylation sites (tertiary alicyclic amines) is 1. The van der Waals surface area contributed by atoms with Crippen LogP contribution < -0.4 is 15.8 Å². The first kappa shape index (κ1) is 15.4. The van der Waals surface area contributed by atoms with Gasteiger partial charge in [0.1, 0.15) is 5.75 Å². The van der Waals surface area contributed by atoms with Crippen molar-refractivity contribution in [3.05, 3.63) is 22.7 Å². The van der Waals surface area contributed by atoms with Crippen LogP contribution in [0.3, 0.4) is 0 Å². The second kappa shape index (κ2) is 6.34. The van der Waals surface area contributed by atoms with E-state index in [2.05, 4.69) is 10.2 Å². The Morgan fingerprint density at radius 1 is 1.45 bits per heavy atom. The van der Waals surface area contributed by atoms with Crippen LogP contribution in [0.2, 0.25) is 5.02 Å². The molecule has 1 saturated carbocycles. The third kappa shape index (κ3) is 3.31. The number of nitrogen functional groups attached to an aromatic ring is 1. The minimum Gasteiger partial charge on any atom is -0.496 e. The fraction of sp³-hybridized carbons (Fsp3) is 0.562. The minimum absolute atomic E-state index is 0.163. The lowest BCUT2D eigenvalue weighted by Crippen LogP contribution is -2.31.